The Balaban J connectivity index is 1.53. The summed E-state index contributed by atoms with van der Waals surface area (Å²) >= 11 is 6.03. The number of carbonyl (C=O) groups excluding carboxylic acids is 1. The number of hydrogen-bond donors (Lipinski definition) is 3. The zero-order chi connectivity index (χ0) is 23.6. The van der Waals surface area contributed by atoms with Crippen molar-refractivity contribution >= 4 is 38.9 Å². The highest BCUT2D eigenvalue weighted by atomic mass is 35.5. The average molecular weight is 489 g/mol. The molecule has 0 unspecified atom stereocenters. The van der Waals surface area contributed by atoms with Gasteiger partial charge in [0, 0.05) is 5.02 Å². The Morgan fingerprint density at radius 1 is 1.12 bits per heavy atom. The highest BCUT2D eigenvalue weighted by Crippen LogP contribution is 2.33. The molecule has 0 saturated heterocycles. The molecule has 3 N–H and O–H groups in total. The van der Waals surface area contributed by atoms with Crippen LogP contribution < -0.4 is 19.5 Å². The molecule has 1 heterocycles. The van der Waals surface area contributed by atoms with Gasteiger partial charge in [-0.25, -0.2) is 8.42 Å². The minimum atomic E-state index is -4.02. The van der Waals surface area contributed by atoms with E-state index in [1.165, 1.54) is 25.3 Å². The fourth-order valence-electron chi connectivity index (χ4n) is 3.48. The minimum absolute atomic E-state index is 0.0280. The van der Waals surface area contributed by atoms with Crippen molar-refractivity contribution in [2.45, 2.75) is 11.3 Å². The molecule has 3 aromatic carbocycles. The number of ether oxygens (including phenoxy) is 2. The summed E-state index contributed by atoms with van der Waals surface area (Å²) in [6.07, 6.45) is 0.399. The second-order valence-corrected chi connectivity index (χ2v) is 9.56. The number of rotatable bonds is 6. The van der Waals surface area contributed by atoms with Crippen molar-refractivity contribution in [2.24, 2.45) is 5.92 Å². The molecule has 0 aromatic heterocycles. The second kappa shape index (κ2) is 9.21. The Labute approximate surface area is 196 Å². The standard InChI is InChI=1S/C23H21ClN2O6S/c1-31-22-5-3-2-4-18(22)26-33(29,30)17-7-8-20(27)19(12-17)25-23(28)15-10-14-11-16(24)6-9-21(14)32-13-15/h2-9,11-12,15,26-27H,10,13H2,1H3,(H,25,28)/t15-/m0/s1. The molecule has 8 nitrogen and oxygen atoms in total. The quantitative estimate of drug-likeness (QED) is 0.451. The third kappa shape index (κ3) is 4.99. The van der Waals surface area contributed by atoms with Gasteiger partial charge in [0.1, 0.15) is 23.9 Å². The fraction of sp³-hybridized carbons (Fsp3) is 0.174. The molecular weight excluding hydrogens is 468 g/mol. The predicted molar refractivity (Wildman–Crippen MR) is 125 cm³/mol. The Bertz CT molecular complexity index is 1310. The summed E-state index contributed by atoms with van der Waals surface area (Å²) in [6, 6.07) is 15.4. The first-order valence-corrected chi connectivity index (χ1v) is 11.8. The lowest BCUT2D eigenvalue weighted by atomic mass is 9.96. The molecule has 1 aliphatic heterocycles. The maximum Gasteiger partial charge on any atom is 0.262 e. The van der Waals surface area contributed by atoms with Crippen LogP contribution >= 0.6 is 11.6 Å². The van der Waals surface area contributed by atoms with Crippen LogP contribution in [0.15, 0.2) is 65.6 Å². The van der Waals surface area contributed by atoms with E-state index in [0.29, 0.717) is 22.9 Å². The molecule has 33 heavy (non-hydrogen) atoms. The maximum absolute atomic E-state index is 12.9. The highest BCUT2D eigenvalue weighted by molar-refractivity contribution is 7.92. The van der Waals surface area contributed by atoms with Crippen molar-refractivity contribution in [3.05, 3.63) is 71.2 Å². The molecule has 3 aromatic rings. The first kappa shape index (κ1) is 22.8. The van der Waals surface area contributed by atoms with E-state index in [1.54, 1.807) is 42.5 Å². The summed E-state index contributed by atoms with van der Waals surface area (Å²) in [7, 11) is -2.59. The number of halogens is 1. The molecule has 0 saturated carbocycles. The van der Waals surface area contributed by atoms with Gasteiger partial charge < -0.3 is 19.9 Å². The third-order valence-corrected chi connectivity index (χ3v) is 6.79. The molecule has 4 rings (SSSR count). The lowest BCUT2D eigenvalue weighted by molar-refractivity contribution is -0.121. The number of hydrogen-bond acceptors (Lipinski definition) is 6. The first-order valence-electron chi connectivity index (χ1n) is 9.98. The van der Waals surface area contributed by atoms with Crippen molar-refractivity contribution in [1.29, 1.82) is 0 Å². The molecule has 0 radical (unpaired) electrons. The highest BCUT2D eigenvalue weighted by Gasteiger charge is 2.27. The summed E-state index contributed by atoms with van der Waals surface area (Å²) in [5.74, 6) is -0.196. The van der Waals surface area contributed by atoms with Crippen molar-refractivity contribution in [3.63, 3.8) is 0 Å². The van der Waals surface area contributed by atoms with E-state index in [0.717, 1.165) is 5.56 Å². The zero-order valence-electron chi connectivity index (χ0n) is 17.5. The van der Waals surface area contributed by atoms with Gasteiger partial charge in [0.05, 0.1) is 29.3 Å². The molecule has 10 heteroatoms. The van der Waals surface area contributed by atoms with Gasteiger partial charge in [-0.3, -0.25) is 9.52 Å². The van der Waals surface area contributed by atoms with Crippen molar-refractivity contribution in [2.75, 3.05) is 23.8 Å². The SMILES string of the molecule is COc1ccccc1NS(=O)(=O)c1ccc(O)c(NC(=O)[C@@H]2COc3ccc(Cl)cc3C2)c1. The van der Waals surface area contributed by atoms with Gasteiger partial charge >= 0.3 is 0 Å². The summed E-state index contributed by atoms with van der Waals surface area (Å²) < 4.78 is 39.1. The summed E-state index contributed by atoms with van der Waals surface area (Å²) in [4.78, 5) is 12.7. The van der Waals surface area contributed by atoms with Gasteiger partial charge in [-0.05, 0) is 60.5 Å². The van der Waals surface area contributed by atoms with Crippen LogP contribution in [0.3, 0.4) is 0 Å². The molecule has 0 spiro atoms. The molecule has 1 amide bonds. The zero-order valence-corrected chi connectivity index (χ0v) is 19.1. The van der Waals surface area contributed by atoms with E-state index in [-0.39, 0.29) is 28.6 Å². The minimum Gasteiger partial charge on any atom is -0.506 e. The first-order chi connectivity index (χ1) is 15.8. The number of sulfonamides is 1. The molecule has 1 atom stereocenters. The van der Waals surface area contributed by atoms with Crippen LogP contribution in [-0.2, 0) is 21.2 Å². The van der Waals surface area contributed by atoms with Crippen LogP contribution in [0.1, 0.15) is 5.56 Å². The van der Waals surface area contributed by atoms with Crippen LogP contribution in [0.2, 0.25) is 5.02 Å². The van der Waals surface area contributed by atoms with E-state index >= 15 is 0 Å². The van der Waals surface area contributed by atoms with Gasteiger partial charge in [-0.15, -0.1) is 0 Å². The smallest absolute Gasteiger partial charge is 0.262 e. The van der Waals surface area contributed by atoms with Crippen molar-refractivity contribution < 1.29 is 27.8 Å². The van der Waals surface area contributed by atoms with Crippen molar-refractivity contribution in [3.8, 4) is 17.2 Å². The molecular formula is C23H21ClN2O6S. The molecule has 0 fully saturated rings. The number of aromatic hydroxyl groups is 1. The lowest BCUT2D eigenvalue weighted by Crippen LogP contribution is -2.32. The number of nitrogens with one attached hydrogen (secondary N) is 2. The monoisotopic (exact) mass is 488 g/mol. The summed E-state index contributed by atoms with van der Waals surface area (Å²) in [6.45, 7) is 0.147. The van der Waals surface area contributed by atoms with E-state index in [4.69, 9.17) is 21.1 Å². The predicted octanol–water partition coefficient (Wildman–Crippen LogP) is 4.04. The van der Waals surface area contributed by atoms with Crippen molar-refractivity contribution in [1.82, 2.24) is 0 Å². The second-order valence-electron chi connectivity index (χ2n) is 7.44. The fourth-order valence-corrected chi connectivity index (χ4v) is 4.77. The van der Waals surface area contributed by atoms with Crippen LogP contribution in [0.4, 0.5) is 11.4 Å². The van der Waals surface area contributed by atoms with Crippen LogP contribution in [0, 0.1) is 5.92 Å². The Hall–Kier alpha value is -3.43. The van der Waals surface area contributed by atoms with Crippen LogP contribution in [0.5, 0.6) is 17.2 Å². The van der Waals surface area contributed by atoms with E-state index < -0.39 is 21.8 Å². The Morgan fingerprint density at radius 2 is 1.91 bits per heavy atom. The number of carbonyl (C=O) groups is 1. The molecule has 1 aliphatic rings. The number of anilines is 2. The average Bonchev–Trinajstić information content (AvgIpc) is 2.80. The normalized spacial score (nSPS) is 15.2. The van der Waals surface area contributed by atoms with Gasteiger partial charge in [-0.2, -0.15) is 0 Å². The Morgan fingerprint density at radius 3 is 2.70 bits per heavy atom. The third-order valence-electron chi connectivity index (χ3n) is 5.19. The number of methoxy groups -OCH3 is 1. The lowest BCUT2D eigenvalue weighted by Gasteiger charge is -2.25. The van der Waals surface area contributed by atoms with Gasteiger partial charge in [0.2, 0.25) is 5.91 Å². The summed E-state index contributed by atoms with van der Waals surface area (Å²) in [5.41, 5.74) is 1.03. The summed E-state index contributed by atoms with van der Waals surface area (Å²) in [5, 5.41) is 13.4. The number of phenolic OH excluding ortho intramolecular Hbond substituents is 1. The molecule has 0 aliphatic carbocycles. The number of amides is 1. The Kier molecular flexibility index (Phi) is 6.35. The maximum atomic E-state index is 12.9. The number of benzene rings is 3. The van der Waals surface area contributed by atoms with Crippen LogP contribution in [0.25, 0.3) is 0 Å². The van der Waals surface area contributed by atoms with E-state index in [9.17, 15) is 18.3 Å². The molecule has 172 valence electrons. The van der Waals surface area contributed by atoms with Gasteiger partial charge in [0.25, 0.3) is 10.0 Å². The van der Waals surface area contributed by atoms with Gasteiger partial charge in [0.15, 0.2) is 0 Å². The largest absolute Gasteiger partial charge is 0.506 e. The van der Waals surface area contributed by atoms with E-state index in [1.807, 2.05) is 0 Å². The van der Waals surface area contributed by atoms with Crippen LogP contribution in [-0.4, -0.2) is 33.1 Å². The number of phenols is 1. The van der Waals surface area contributed by atoms with Gasteiger partial charge in [-0.1, -0.05) is 23.7 Å². The number of para-hydroxylation sites is 2. The van der Waals surface area contributed by atoms with E-state index in [2.05, 4.69) is 10.0 Å². The topological polar surface area (TPSA) is 114 Å². The molecule has 0 bridgehead atoms. The number of fused-ring (bicyclic) bond motifs is 1.